The lowest BCUT2D eigenvalue weighted by Crippen LogP contribution is -2.18. The van der Waals surface area contributed by atoms with Crippen molar-refractivity contribution in [2.24, 2.45) is 0 Å². The smallest absolute Gasteiger partial charge is 0.151 e. The summed E-state index contributed by atoms with van der Waals surface area (Å²) in [4.78, 5) is 0. The van der Waals surface area contributed by atoms with Crippen LogP contribution in [0.5, 0.6) is 0 Å². The molecule has 0 saturated carbocycles. The van der Waals surface area contributed by atoms with E-state index >= 15 is 0 Å². The van der Waals surface area contributed by atoms with E-state index in [1.54, 1.807) is 6.92 Å². The van der Waals surface area contributed by atoms with Crippen LogP contribution in [0.25, 0.3) is 0 Å². The predicted octanol–water partition coefficient (Wildman–Crippen LogP) is 1.38. The molecule has 1 aromatic heterocycles. The van der Waals surface area contributed by atoms with Gasteiger partial charge in [0, 0.05) is 23.6 Å². The molecule has 6 heteroatoms. The largest absolute Gasteiger partial charge is 0.313 e. The minimum Gasteiger partial charge on any atom is -0.313 e. The molecule has 0 spiro atoms. The van der Waals surface area contributed by atoms with Crippen LogP contribution in [0, 0.1) is 0 Å². The van der Waals surface area contributed by atoms with Crippen molar-refractivity contribution in [2.75, 3.05) is 18.1 Å². The summed E-state index contributed by atoms with van der Waals surface area (Å²) < 4.78 is 25.0. The maximum absolute atomic E-state index is 11.6. The Labute approximate surface area is 116 Å². The van der Waals surface area contributed by atoms with Crippen LogP contribution in [-0.2, 0) is 29.3 Å². The van der Waals surface area contributed by atoms with Crippen molar-refractivity contribution in [3.05, 3.63) is 17.5 Å². The molecule has 0 atom stereocenters. The van der Waals surface area contributed by atoms with Gasteiger partial charge in [-0.05, 0) is 13.0 Å². The average molecular weight is 287 g/mol. The molecule has 0 bridgehead atoms. The van der Waals surface area contributed by atoms with Crippen molar-refractivity contribution < 1.29 is 8.42 Å². The van der Waals surface area contributed by atoms with Crippen LogP contribution in [0.4, 0.5) is 0 Å². The van der Waals surface area contributed by atoms with Gasteiger partial charge in [0.15, 0.2) is 9.84 Å². The highest BCUT2D eigenvalue weighted by Gasteiger charge is 2.13. The molecule has 1 rings (SSSR count). The van der Waals surface area contributed by atoms with Gasteiger partial charge in [-0.1, -0.05) is 27.2 Å². The maximum Gasteiger partial charge on any atom is 0.151 e. The fraction of sp³-hybridized carbons (Fsp3) is 0.769. The Morgan fingerprint density at radius 2 is 2.05 bits per heavy atom. The zero-order chi connectivity index (χ0) is 14.3. The van der Waals surface area contributed by atoms with Crippen molar-refractivity contribution in [1.82, 2.24) is 15.1 Å². The van der Waals surface area contributed by atoms with Crippen molar-refractivity contribution in [3.63, 3.8) is 0 Å². The third kappa shape index (κ3) is 4.95. The monoisotopic (exact) mass is 287 g/mol. The number of aromatic nitrogens is 2. The number of hydrogen-bond acceptors (Lipinski definition) is 4. The molecule has 5 nitrogen and oxygen atoms in total. The molecule has 1 N–H and O–H groups in total. The van der Waals surface area contributed by atoms with Gasteiger partial charge < -0.3 is 5.32 Å². The van der Waals surface area contributed by atoms with E-state index in [0.29, 0.717) is 6.54 Å². The van der Waals surface area contributed by atoms with Crippen LogP contribution in [0.2, 0.25) is 0 Å². The summed E-state index contributed by atoms with van der Waals surface area (Å²) in [5, 5.41) is 7.63. The Morgan fingerprint density at radius 1 is 1.32 bits per heavy atom. The highest BCUT2D eigenvalue weighted by Crippen LogP contribution is 2.11. The van der Waals surface area contributed by atoms with Gasteiger partial charge in [-0.3, -0.25) is 4.68 Å². The Morgan fingerprint density at radius 3 is 2.63 bits per heavy atom. The van der Waals surface area contributed by atoms with Crippen LogP contribution >= 0.6 is 0 Å². The summed E-state index contributed by atoms with van der Waals surface area (Å²) in [7, 11) is -2.93. The quantitative estimate of drug-likeness (QED) is 0.745. The first kappa shape index (κ1) is 16.2. The molecular weight excluding hydrogens is 262 g/mol. The first-order valence-corrected chi connectivity index (χ1v) is 8.80. The molecule has 1 heterocycles. The minimum absolute atomic E-state index is 0.169. The zero-order valence-electron chi connectivity index (χ0n) is 12.1. The van der Waals surface area contributed by atoms with Crippen LogP contribution < -0.4 is 5.32 Å². The van der Waals surface area contributed by atoms with Gasteiger partial charge in [-0.25, -0.2) is 8.42 Å². The lowest BCUT2D eigenvalue weighted by Gasteiger charge is -2.09. The van der Waals surface area contributed by atoms with Crippen molar-refractivity contribution in [2.45, 2.75) is 46.7 Å². The number of nitrogens with zero attached hydrogens (tertiary/aromatic N) is 2. The Hall–Kier alpha value is -0.880. The van der Waals surface area contributed by atoms with E-state index in [4.69, 9.17) is 0 Å². The SMILES string of the molecule is CCCc1c(CNCC)cnn1CCS(=O)(=O)CC. The third-order valence-corrected chi connectivity index (χ3v) is 4.83. The number of nitrogens with one attached hydrogen (secondary N) is 1. The molecule has 110 valence electrons. The minimum atomic E-state index is -2.93. The predicted molar refractivity (Wildman–Crippen MR) is 77.9 cm³/mol. The summed E-state index contributed by atoms with van der Waals surface area (Å²) >= 11 is 0. The number of hydrogen-bond donors (Lipinski definition) is 1. The van der Waals surface area contributed by atoms with Gasteiger partial charge in [0.25, 0.3) is 0 Å². The zero-order valence-corrected chi connectivity index (χ0v) is 13.0. The Bertz CT molecular complexity index is 480. The van der Waals surface area contributed by atoms with Gasteiger partial charge >= 0.3 is 0 Å². The summed E-state index contributed by atoms with van der Waals surface area (Å²) in [6, 6.07) is 0. The summed E-state index contributed by atoms with van der Waals surface area (Å²) in [6.07, 6.45) is 3.82. The van der Waals surface area contributed by atoms with E-state index < -0.39 is 9.84 Å². The molecule has 0 aliphatic rings. The lowest BCUT2D eigenvalue weighted by atomic mass is 10.1. The van der Waals surface area contributed by atoms with E-state index in [2.05, 4.69) is 24.3 Å². The van der Waals surface area contributed by atoms with Crippen molar-refractivity contribution >= 4 is 9.84 Å². The second-order valence-electron chi connectivity index (χ2n) is 4.61. The molecule has 19 heavy (non-hydrogen) atoms. The standard InChI is InChI=1S/C13H25N3O2S/c1-4-7-13-12(10-14-5-2)11-15-16(13)8-9-19(17,18)6-3/h11,14H,4-10H2,1-3H3. The number of rotatable bonds is 9. The number of sulfone groups is 1. The molecule has 0 radical (unpaired) electrons. The summed E-state index contributed by atoms with van der Waals surface area (Å²) in [5.41, 5.74) is 2.34. The second kappa shape index (κ2) is 7.65. The van der Waals surface area contributed by atoms with E-state index in [-0.39, 0.29) is 11.5 Å². The highest BCUT2D eigenvalue weighted by molar-refractivity contribution is 7.91. The Balaban J connectivity index is 2.79. The van der Waals surface area contributed by atoms with E-state index in [1.807, 2.05) is 10.9 Å². The molecular formula is C13H25N3O2S. The van der Waals surface area contributed by atoms with Crippen LogP contribution in [0.15, 0.2) is 6.20 Å². The molecule has 0 aliphatic carbocycles. The average Bonchev–Trinajstić information content (AvgIpc) is 2.77. The summed E-state index contributed by atoms with van der Waals surface area (Å²) in [5.74, 6) is 0.365. The second-order valence-corrected chi connectivity index (χ2v) is 7.08. The molecule has 1 aromatic rings. The molecule has 0 aliphatic heterocycles. The van der Waals surface area contributed by atoms with E-state index in [9.17, 15) is 8.42 Å². The third-order valence-electron chi connectivity index (χ3n) is 3.14. The van der Waals surface area contributed by atoms with E-state index in [1.165, 1.54) is 5.56 Å². The molecule has 0 amide bonds. The Kier molecular flexibility index (Phi) is 6.51. The molecule has 0 unspecified atom stereocenters. The van der Waals surface area contributed by atoms with Gasteiger partial charge in [0.05, 0.1) is 18.5 Å². The van der Waals surface area contributed by atoms with Gasteiger partial charge in [0.2, 0.25) is 0 Å². The first-order chi connectivity index (χ1) is 9.04. The molecule has 0 aromatic carbocycles. The fourth-order valence-corrected chi connectivity index (χ4v) is 2.69. The molecule has 0 fully saturated rings. The topological polar surface area (TPSA) is 64.0 Å². The van der Waals surface area contributed by atoms with Crippen molar-refractivity contribution in [3.8, 4) is 0 Å². The lowest BCUT2D eigenvalue weighted by molar-refractivity contribution is 0.571. The normalized spacial score (nSPS) is 11.9. The van der Waals surface area contributed by atoms with Crippen LogP contribution in [-0.4, -0.2) is 36.2 Å². The number of aryl methyl sites for hydroxylation is 1. The molecule has 0 saturated heterocycles. The van der Waals surface area contributed by atoms with Crippen molar-refractivity contribution in [1.29, 1.82) is 0 Å². The van der Waals surface area contributed by atoms with Crippen LogP contribution in [0.3, 0.4) is 0 Å². The van der Waals surface area contributed by atoms with Gasteiger partial charge in [-0.15, -0.1) is 0 Å². The van der Waals surface area contributed by atoms with E-state index in [0.717, 1.165) is 31.6 Å². The fourth-order valence-electron chi connectivity index (χ4n) is 1.95. The maximum atomic E-state index is 11.6. The highest BCUT2D eigenvalue weighted by atomic mass is 32.2. The van der Waals surface area contributed by atoms with Crippen LogP contribution in [0.1, 0.15) is 38.4 Å². The van der Waals surface area contributed by atoms with Gasteiger partial charge in [0.1, 0.15) is 0 Å². The first-order valence-electron chi connectivity index (χ1n) is 6.98. The summed E-state index contributed by atoms with van der Waals surface area (Å²) in [6.45, 7) is 8.04. The van der Waals surface area contributed by atoms with Gasteiger partial charge in [-0.2, -0.15) is 5.10 Å².